The van der Waals surface area contributed by atoms with Crippen LogP contribution in [0.4, 0.5) is 0 Å². The summed E-state index contributed by atoms with van der Waals surface area (Å²) in [4.78, 5) is 35.7. The van der Waals surface area contributed by atoms with Gasteiger partial charge >= 0.3 is 0 Å². The monoisotopic (exact) mass is 486 g/mol. The number of aromatic nitrogens is 2. The van der Waals surface area contributed by atoms with E-state index in [4.69, 9.17) is 4.74 Å². The Balaban J connectivity index is 1.66. The highest BCUT2D eigenvalue weighted by Gasteiger charge is 2.28. The number of nitrogens with zero attached hydrogens (tertiary/aromatic N) is 2. The average Bonchev–Trinajstić information content (AvgIpc) is 2.85. The van der Waals surface area contributed by atoms with Gasteiger partial charge in [0.25, 0.3) is 0 Å². The van der Waals surface area contributed by atoms with Crippen molar-refractivity contribution in [3.05, 3.63) is 53.6 Å². The zero-order valence-electron chi connectivity index (χ0n) is 20.1. The number of carbonyl (C=O) groups excluding carboxylic acids is 2. The normalized spacial score (nSPS) is 16.7. The van der Waals surface area contributed by atoms with E-state index in [1.807, 2.05) is 18.4 Å². The van der Waals surface area contributed by atoms with Gasteiger partial charge in [-0.2, -0.15) is 0 Å². The number of ketones is 2. The Morgan fingerprint density at radius 3 is 2.41 bits per heavy atom. The third-order valence-electron chi connectivity index (χ3n) is 6.31. The molecule has 0 spiro atoms. The molecular weight excluding hydrogens is 452 g/mol. The van der Waals surface area contributed by atoms with Crippen LogP contribution >= 0.6 is 11.8 Å². The Kier molecular flexibility index (Phi) is 9.36. The number of thioether (sulfide) groups is 1. The molecule has 0 saturated carbocycles. The maximum atomic E-state index is 13.3. The van der Waals surface area contributed by atoms with E-state index in [0.717, 1.165) is 23.4 Å². The Bertz CT molecular complexity index is 951. The predicted octanol–water partition coefficient (Wildman–Crippen LogP) is 4.14. The highest BCUT2D eigenvalue weighted by Crippen LogP contribution is 2.31. The van der Waals surface area contributed by atoms with E-state index in [2.05, 4.69) is 9.97 Å². The molecule has 184 valence electrons. The molecule has 1 fully saturated rings. The first-order chi connectivity index (χ1) is 16.2. The third kappa shape index (κ3) is 7.18. The van der Waals surface area contributed by atoms with Crippen molar-refractivity contribution in [3.63, 3.8) is 0 Å². The van der Waals surface area contributed by atoms with Crippen molar-refractivity contribution in [1.29, 1.82) is 0 Å². The molecule has 2 unspecified atom stereocenters. The van der Waals surface area contributed by atoms with Crippen molar-refractivity contribution in [2.24, 2.45) is 5.92 Å². The van der Waals surface area contributed by atoms with E-state index < -0.39 is 11.7 Å². The molecule has 1 aliphatic heterocycles. The van der Waals surface area contributed by atoms with Crippen LogP contribution in [0.2, 0.25) is 0 Å². The number of aliphatic hydroxyl groups is 2. The van der Waals surface area contributed by atoms with Crippen LogP contribution in [-0.4, -0.2) is 56.8 Å². The largest absolute Gasteiger partial charge is 0.387 e. The van der Waals surface area contributed by atoms with Gasteiger partial charge in [0.05, 0.1) is 17.2 Å². The Morgan fingerprint density at radius 1 is 1.12 bits per heavy atom. The zero-order valence-corrected chi connectivity index (χ0v) is 20.9. The molecule has 0 bridgehead atoms. The van der Waals surface area contributed by atoms with Gasteiger partial charge in [0, 0.05) is 48.9 Å². The van der Waals surface area contributed by atoms with E-state index in [9.17, 15) is 19.8 Å². The maximum Gasteiger partial charge on any atom is 0.181 e. The first-order valence-electron chi connectivity index (χ1n) is 11.7. The fourth-order valence-electron chi connectivity index (χ4n) is 4.13. The van der Waals surface area contributed by atoms with Gasteiger partial charge < -0.3 is 14.9 Å². The molecule has 34 heavy (non-hydrogen) atoms. The molecule has 0 amide bonds. The summed E-state index contributed by atoms with van der Waals surface area (Å²) in [5, 5.41) is 20.1. The highest BCUT2D eigenvalue weighted by atomic mass is 32.2. The standard InChI is InChI=1S/C26H34N2O5S/c1-26(2,32)25(31)18-4-6-22(27-15-18)24(30)9-8-23(29)20(14-17-10-12-33-13-11-17)21-7-5-19(34-3)16-28-21/h4-7,15-17,20,25,31-32H,8-14H2,1-3H3. The maximum absolute atomic E-state index is 13.3. The summed E-state index contributed by atoms with van der Waals surface area (Å²) in [6, 6.07) is 7.01. The number of hydrogen-bond acceptors (Lipinski definition) is 8. The third-order valence-corrected chi connectivity index (χ3v) is 7.02. The van der Waals surface area contributed by atoms with Gasteiger partial charge in [0.15, 0.2) is 5.78 Å². The fraction of sp³-hybridized carbons (Fsp3) is 0.538. The zero-order chi connectivity index (χ0) is 24.7. The minimum absolute atomic E-state index is 0.0123. The van der Waals surface area contributed by atoms with Crippen LogP contribution in [0.25, 0.3) is 0 Å². The Labute approximate surface area is 205 Å². The lowest BCUT2D eigenvalue weighted by molar-refractivity contribution is -0.121. The molecule has 1 saturated heterocycles. The molecule has 8 heteroatoms. The van der Waals surface area contributed by atoms with E-state index in [1.165, 1.54) is 26.1 Å². The second-order valence-electron chi connectivity index (χ2n) is 9.39. The van der Waals surface area contributed by atoms with Gasteiger partial charge in [-0.1, -0.05) is 6.07 Å². The molecular formula is C26H34N2O5S. The van der Waals surface area contributed by atoms with E-state index in [0.29, 0.717) is 31.1 Å². The summed E-state index contributed by atoms with van der Waals surface area (Å²) in [6.07, 6.45) is 6.81. The van der Waals surface area contributed by atoms with Crippen molar-refractivity contribution in [3.8, 4) is 0 Å². The molecule has 3 rings (SSSR count). The topological polar surface area (TPSA) is 110 Å². The molecule has 1 aliphatic rings. The second-order valence-corrected chi connectivity index (χ2v) is 10.3. The van der Waals surface area contributed by atoms with Gasteiger partial charge in [-0.05, 0) is 63.5 Å². The van der Waals surface area contributed by atoms with E-state index in [1.54, 1.807) is 24.0 Å². The number of rotatable bonds is 11. The van der Waals surface area contributed by atoms with Crippen LogP contribution in [0.5, 0.6) is 0 Å². The molecule has 0 radical (unpaired) electrons. The highest BCUT2D eigenvalue weighted by molar-refractivity contribution is 7.98. The average molecular weight is 487 g/mol. The van der Waals surface area contributed by atoms with Crippen molar-refractivity contribution < 1.29 is 24.5 Å². The van der Waals surface area contributed by atoms with Crippen LogP contribution in [0.1, 0.15) is 79.7 Å². The summed E-state index contributed by atoms with van der Waals surface area (Å²) in [5.74, 6) is -0.160. The second kappa shape index (κ2) is 12.0. The molecule has 0 aromatic carbocycles. The first-order valence-corrected chi connectivity index (χ1v) is 12.9. The van der Waals surface area contributed by atoms with Gasteiger partial charge in [0.2, 0.25) is 0 Å². The summed E-state index contributed by atoms with van der Waals surface area (Å²) in [6.45, 7) is 4.44. The molecule has 2 aromatic heterocycles. The first kappa shape index (κ1) is 26.5. The van der Waals surface area contributed by atoms with Gasteiger partial charge in [-0.15, -0.1) is 11.8 Å². The van der Waals surface area contributed by atoms with Crippen LogP contribution in [-0.2, 0) is 9.53 Å². The fourth-order valence-corrected chi connectivity index (χ4v) is 4.49. The number of aliphatic hydroxyl groups excluding tert-OH is 1. The minimum Gasteiger partial charge on any atom is -0.387 e. The van der Waals surface area contributed by atoms with Crippen molar-refractivity contribution >= 4 is 23.3 Å². The molecule has 0 aliphatic carbocycles. The van der Waals surface area contributed by atoms with Crippen LogP contribution in [0, 0.1) is 5.92 Å². The lowest BCUT2D eigenvalue weighted by atomic mass is 9.83. The van der Waals surface area contributed by atoms with Crippen molar-refractivity contribution in [1.82, 2.24) is 9.97 Å². The van der Waals surface area contributed by atoms with Gasteiger partial charge in [-0.25, -0.2) is 0 Å². The lowest BCUT2D eigenvalue weighted by Crippen LogP contribution is -2.28. The van der Waals surface area contributed by atoms with E-state index >= 15 is 0 Å². The van der Waals surface area contributed by atoms with Crippen LogP contribution in [0.3, 0.4) is 0 Å². The summed E-state index contributed by atoms with van der Waals surface area (Å²) in [7, 11) is 0. The van der Waals surface area contributed by atoms with Gasteiger partial charge in [-0.3, -0.25) is 19.6 Å². The predicted molar refractivity (Wildman–Crippen MR) is 131 cm³/mol. The molecule has 3 heterocycles. The molecule has 2 atom stereocenters. The summed E-state index contributed by atoms with van der Waals surface area (Å²) < 4.78 is 5.46. The van der Waals surface area contributed by atoms with E-state index in [-0.39, 0.29) is 36.0 Å². The quantitative estimate of drug-likeness (QED) is 0.360. The Hall–Kier alpha value is -2.13. The minimum atomic E-state index is -1.32. The number of ether oxygens (including phenoxy) is 1. The van der Waals surface area contributed by atoms with Crippen molar-refractivity contribution in [2.75, 3.05) is 19.5 Å². The summed E-state index contributed by atoms with van der Waals surface area (Å²) in [5.41, 5.74) is 0.102. The number of hydrogen-bond donors (Lipinski definition) is 2. The summed E-state index contributed by atoms with van der Waals surface area (Å²) >= 11 is 1.60. The number of pyridine rings is 2. The number of Topliss-reactive ketones (excluding diaryl/α,β-unsaturated/α-hetero) is 2. The smallest absolute Gasteiger partial charge is 0.181 e. The molecule has 7 nitrogen and oxygen atoms in total. The number of carbonyl (C=O) groups is 2. The Morgan fingerprint density at radius 2 is 1.85 bits per heavy atom. The van der Waals surface area contributed by atoms with Crippen LogP contribution < -0.4 is 0 Å². The van der Waals surface area contributed by atoms with Gasteiger partial charge in [0.1, 0.15) is 17.6 Å². The molecule has 2 aromatic rings. The van der Waals surface area contributed by atoms with Crippen LogP contribution in [0.15, 0.2) is 41.6 Å². The lowest BCUT2D eigenvalue weighted by Gasteiger charge is -2.26. The van der Waals surface area contributed by atoms with Crippen molar-refractivity contribution in [2.45, 2.75) is 68.5 Å². The SMILES string of the molecule is CSc1ccc(C(CC2CCOCC2)C(=O)CCC(=O)c2ccc(C(O)C(C)(C)O)cn2)nc1. The molecule has 2 N–H and O–H groups in total.